The van der Waals surface area contributed by atoms with Crippen LogP contribution in [-0.4, -0.2) is 17.3 Å². The van der Waals surface area contributed by atoms with Gasteiger partial charge >= 0.3 is 0 Å². The number of H-pyrrole nitrogens is 1. The van der Waals surface area contributed by atoms with Crippen molar-refractivity contribution < 1.29 is 4.74 Å². The van der Waals surface area contributed by atoms with Crippen molar-refractivity contribution in [2.45, 2.75) is 43.9 Å². The second-order valence-corrected chi connectivity index (χ2v) is 7.68. The topological polar surface area (TPSA) is 37.9 Å². The molecule has 2 aromatic rings. The molecule has 0 saturated heterocycles. The van der Waals surface area contributed by atoms with Crippen LogP contribution in [0, 0.1) is 17.8 Å². The highest BCUT2D eigenvalue weighted by Gasteiger charge is 2.53. The van der Waals surface area contributed by atoms with E-state index in [-0.39, 0.29) is 0 Å². The summed E-state index contributed by atoms with van der Waals surface area (Å²) < 4.78 is 5.33. The number of ether oxygens (including phenoxy) is 1. The van der Waals surface area contributed by atoms with Crippen molar-refractivity contribution in [1.29, 1.82) is 0 Å². The van der Waals surface area contributed by atoms with Gasteiger partial charge in [-0.05, 0) is 68.4 Å². The summed E-state index contributed by atoms with van der Waals surface area (Å²) in [5.74, 6) is 3.78. The summed E-state index contributed by atoms with van der Waals surface area (Å²) in [6, 6.07) is 6.35. The van der Waals surface area contributed by atoms with E-state index in [1.165, 1.54) is 49.6 Å². The first-order valence-corrected chi connectivity index (χ1v) is 8.28. The minimum Gasteiger partial charge on any atom is -0.497 e. The fourth-order valence-corrected chi connectivity index (χ4v) is 5.93. The Balaban J connectivity index is 1.64. The Kier molecular flexibility index (Phi) is 2.31. The third-order valence-corrected chi connectivity index (χ3v) is 6.31. The highest BCUT2D eigenvalue weighted by Crippen LogP contribution is 2.61. The van der Waals surface area contributed by atoms with E-state index in [1.807, 2.05) is 0 Å². The summed E-state index contributed by atoms with van der Waals surface area (Å²) in [4.78, 5) is 0. The minimum atomic E-state index is 0.363. The Hall–Kier alpha value is -1.51. The van der Waals surface area contributed by atoms with Gasteiger partial charge in [0.2, 0.25) is 0 Å². The maximum Gasteiger partial charge on any atom is 0.121 e. The third kappa shape index (κ3) is 1.63. The molecule has 0 spiro atoms. The molecule has 0 radical (unpaired) electrons. The summed E-state index contributed by atoms with van der Waals surface area (Å²) in [7, 11) is 1.72. The predicted molar refractivity (Wildman–Crippen MR) is 82.5 cm³/mol. The Morgan fingerprint density at radius 1 is 1.10 bits per heavy atom. The van der Waals surface area contributed by atoms with E-state index < -0.39 is 0 Å². The SMILES string of the molecule is COc1ccc2c(C34CC5CC(CC(C5)C3)C4)n[nH]c2c1. The minimum absolute atomic E-state index is 0.363. The first kappa shape index (κ1) is 12.1. The normalized spacial score (nSPS) is 37.3. The van der Waals surface area contributed by atoms with E-state index in [1.54, 1.807) is 7.11 Å². The van der Waals surface area contributed by atoms with Gasteiger partial charge in [-0.2, -0.15) is 5.10 Å². The van der Waals surface area contributed by atoms with Crippen LogP contribution in [0.25, 0.3) is 10.9 Å². The number of nitrogens with zero attached hydrogens (tertiary/aromatic N) is 1. The Morgan fingerprint density at radius 2 is 1.76 bits per heavy atom. The first-order chi connectivity index (χ1) is 10.3. The Bertz CT molecular complexity index is 667. The molecule has 1 N–H and O–H groups in total. The number of fused-ring (bicyclic) bond motifs is 1. The van der Waals surface area contributed by atoms with E-state index in [9.17, 15) is 0 Å². The van der Waals surface area contributed by atoms with E-state index in [0.717, 1.165) is 29.0 Å². The lowest BCUT2D eigenvalue weighted by Gasteiger charge is -2.56. The predicted octanol–water partition coefficient (Wildman–Crippen LogP) is 4.04. The van der Waals surface area contributed by atoms with Crippen LogP contribution in [0.4, 0.5) is 0 Å². The van der Waals surface area contributed by atoms with Gasteiger partial charge in [0.05, 0.1) is 18.3 Å². The first-order valence-electron chi connectivity index (χ1n) is 8.28. The maximum atomic E-state index is 5.33. The van der Waals surface area contributed by atoms with Gasteiger partial charge in [0.1, 0.15) is 5.75 Å². The van der Waals surface area contributed by atoms with Gasteiger partial charge in [0.25, 0.3) is 0 Å². The van der Waals surface area contributed by atoms with Crippen LogP contribution in [0.3, 0.4) is 0 Å². The van der Waals surface area contributed by atoms with Crippen LogP contribution in [0.2, 0.25) is 0 Å². The molecular formula is C18H22N2O. The molecular weight excluding hydrogens is 260 g/mol. The standard InChI is InChI=1S/C18H22N2O/c1-21-14-2-3-15-16(7-14)19-20-17(15)18-8-11-4-12(9-18)6-13(5-11)10-18/h2-3,7,11-13H,4-6,8-10H2,1H3,(H,19,20). The molecule has 4 aliphatic rings. The van der Waals surface area contributed by atoms with Crippen LogP contribution in [0.5, 0.6) is 5.75 Å². The Labute approximate surface area is 125 Å². The molecule has 0 aliphatic heterocycles. The number of rotatable bonds is 2. The van der Waals surface area contributed by atoms with Gasteiger partial charge in [-0.15, -0.1) is 0 Å². The van der Waals surface area contributed by atoms with Gasteiger partial charge in [0, 0.05) is 16.9 Å². The van der Waals surface area contributed by atoms with Crippen molar-refractivity contribution in [1.82, 2.24) is 10.2 Å². The second-order valence-electron chi connectivity index (χ2n) is 7.68. The largest absolute Gasteiger partial charge is 0.497 e. The molecule has 0 atom stereocenters. The van der Waals surface area contributed by atoms with E-state index in [2.05, 4.69) is 23.3 Å². The summed E-state index contributed by atoms with van der Waals surface area (Å²) in [6.45, 7) is 0. The molecule has 6 rings (SSSR count). The molecule has 4 aliphatic carbocycles. The maximum absolute atomic E-state index is 5.33. The van der Waals surface area contributed by atoms with Crippen molar-refractivity contribution in [3.8, 4) is 5.75 Å². The molecule has 3 heteroatoms. The highest BCUT2D eigenvalue weighted by atomic mass is 16.5. The Morgan fingerprint density at radius 3 is 2.38 bits per heavy atom. The second kappa shape index (κ2) is 4.02. The monoisotopic (exact) mass is 282 g/mol. The molecule has 3 nitrogen and oxygen atoms in total. The quantitative estimate of drug-likeness (QED) is 0.902. The molecule has 21 heavy (non-hydrogen) atoms. The van der Waals surface area contributed by atoms with Crippen LogP contribution in [0.1, 0.15) is 44.2 Å². The third-order valence-electron chi connectivity index (χ3n) is 6.31. The summed E-state index contributed by atoms with van der Waals surface area (Å²) in [5, 5.41) is 9.36. The fourth-order valence-electron chi connectivity index (χ4n) is 5.93. The van der Waals surface area contributed by atoms with Gasteiger partial charge in [-0.3, -0.25) is 5.10 Å². The fraction of sp³-hybridized carbons (Fsp3) is 0.611. The molecule has 1 aromatic heterocycles. The number of aromatic amines is 1. The number of benzene rings is 1. The van der Waals surface area contributed by atoms with Gasteiger partial charge in [0.15, 0.2) is 0 Å². The molecule has 1 heterocycles. The van der Waals surface area contributed by atoms with Crippen molar-refractivity contribution in [3.63, 3.8) is 0 Å². The van der Waals surface area contributed by atoms with Crippen LogP contribution in [-0.2, 0) is 5.41 Å². The van der Waals surface area contributed by atoms with Crippen LogP contribution < -0.4 is 4.74 Å². The molecule has 0 amide bonds. The van der Waals surface area contributed by atoms with Crippen molar-refractivity contribution in [2.24, 2.45) is 17.8 Å². The molecule has 4 saturated carbocycles. The molecule has 1 aromatic carbocycles. The summed E-state index contributed by atoms with van der Waals surface area (Å²) in [6.07, 6.45) is 8.54. The van der Waals surface area contributed by atoms with Gasteiger partial charge < -0.3 is 4.74 Å². The average molecular weight is 282 g/mol. The van der Waals surface area contributed by atoms with E-state index in [0.29, 0.717) is 5.41 Å². The zero-order valence-electron chi connectivity index (χ0n) is 12.6. The summed E-state index contributed by atoms with van der Waals surface area (Å²) in [5.41, 5.74) is 2.83. The molecule has 0 unspecified atom stereocenters. The lowest BCUT2D eigenvalue weighted by molar-refractivity contribution is -0.00655. The average Bonchev–Trinajstić information content (AvgIpc) is 2.89. The van der Waals surface area contributed by atoms with E-state index >= 15 is 0 Å². The smallest absolute Gasteiger partial charge is 0.121 e. The number of nitrogens with one attached hydrogen (secondary N) is 1. The zero-order valence-corrected chi connectivity index (χ0v) is 12.6. The zero-order chi connectivity index (χ0) is 14.0. The van der Waals surface area contributed by atoms with Crippen molar-refractivity contribution >= 4 is 10.9 Å². The number of aromatic nitrogens is 2. The number of hydrogen-bond acceptors (Lipinski definition) is 2. The summed E-state index contributed by atoms with van der Waals surface area (Å²) >= 11 is 0. The molecule has 4 bridgehead atoms. The van der Waals surface area contributed by atoms with Crippen LogP contribution >= 0.6 is 0 Å². The lowest BCUT2D eigenvalue weighted by atomic mass is 9.48. The van der Waals surface area contributed by atoms with E-state index in [4.69, 9.17) is 9.84 Å². The molecule has 110 valence electrons. The number of methoxy groups -OCH3 is 1. The molecule has 4 fully saturated rings. The van der Waals surface area contributed by atoms with Gasteiger partial charge in [-0.25, -0.2) is 0 Å². The number of hydrogen-bond donors (Lipinski definition) is 1. The van der Waals surface area contributed by atoms with Crippen LogP contribution in [0.15, 0.2) is 18.2 Å². The van der Waals surface area contributed by atoms with Crippen molar-refractivity contribution in [2.75, 3.05) is 7.11 Å². The van der Waals surface area contributed by atoms with Gasteiger partial charge in [-0.1, -0.05) is 0 Å². The lowest BCUT2D eigenvalue weighted by Crippen LogP contribution is -2.48. The highest BCUT2D eigenvalue weighted by molar-refractivity contribution is 5.83. The van der Waals surface area contributed by atoms with Crippen molar-refractivity contribution in [3.05, 3.63) is 23.9 Å².